The highest BCUT2D eigenvalue weighted by Crippen LogP contribution is 2.24. The molecule has 1 aliphatic rings. The van der Waals surface area contributed by atoms with Crippen LogP contribution in [0.4, 0.5) is 0 Å². The van der Waals surface area contributed by atoms with E-state index in [1.54, 1.807) is 0 Å². The molecular weight excluding hydrogens is 308 g/mol. The first-order valence-electron chi connectivity index (χ1n) is 8.81. The number of hydrogen-bond acceptors (Lipinski definition) is 4. The van der Waals surface area contributed by atoms with Gasteiger partial charge < -0.3 is 4.90 Å². The van der Waals surface area contributed by atoms with E-state index in [9.17, 15) is 0 Å². The Morgan fingerprint density at radius 2 is 1.68 bits per heavy atom. The van der Waals surface area contributed by atoms with E-state index in [4.69, 9.17) is 5.26 Å². The number of likely N-dealkylation sites (tertiary alicyclic amines) is 1. The summed E-state index contributed by atoms with van der Waals surface area (Å²) in [5.74, 6) is 0. The minimum Gasteiger partial charge on any atom is -0.303 e. The molecule has 0 amide bonds. The number of nitriles is 1. The summed E-state index contributed by atoms with van der Waals surface area (Å²) in [6.07, 6.45) is 3.60. The number of nitrogens with zero attached hydrogens (tertiary/aromatic N) is 4. The van der Waals surface area contributed by atoms with E-state index in [0.29, 0.717) is 5.56 Å². The summed E-state index contributed by atoms with van der Waals surface area (Å²) < 4.78 is 0. The summed E-state index contributed by atoms with van der Waals surface area (Å²) in [4.78, 5) is 2.50. The molecule has 4 nitrogen and oxygen atoms in total. The van der Waals surface area contributed by atoms with Crippen molar-refractivity contribution in [3.63, 3.8) is 0 Å². The lowest BCUT2D eigenvalue weighted by atomic mass is 10.0. The normalized spacial score (nSPS) is 14.7. The maximum Gasteiger partial charge on any atom is 0.0991 e. The molecule has 0 N–H and O–H groups in total. The van der Waals surface area contributed by atoms with E-state index in [1.807, 2.05) is 24.3 Å². The lowest BCUT2D eigenvalue weighted by Gasteiger charge is -2.13. The van der Waals surface area contributed by atoms with Crippen LogP contribution in [0.1, 0.15) is 24.1 Å². The van der Waals surface area contributed by atoms with E-state index >= 15 is 0 Å². The highest BCUT2D eigenvalue weighted by atomic mass is 15.1. The van der Waals surface area contributed by atoms with Crippen LogP contribution in [0.5, 0.6) is 0 Å². The van der Waals surface area contributed by atoms with E-state index in [0.717, 1.165) is 40.7 Å². The van der Waals surface area contributed by atoms with Crippen LogP contribution in [0.25, 0.3) is 22.0 Å². The summed E-state index contributed by atoms with van der Waals surface area (Å²) in [7, 11) is 0. The van der Waals surface area contributed by atoms with E-state index < -0.39 is 0 Å². The highest BCUT2D eigenvalue weighted by Gasteiger charge is 2.11. The Balaban J connectivity index is 1.54. The topological polar surface area (TPSA) is 52.8 Å². The molecule has 0 spiro atoms. The number of hydrogen-bond donors (Lipinski definition) is 0. The van der Waals surface area contributed by atoms with Gasteiger partial charge in [-0.05, 0) is 61.3 Å². The van der Waals surface area contributed by atoms with Crippen LogP contribution in [0.15, 0.2) is 48.5 Å². The van der Waals surface area contributed by atoms with Gasteiger partial charge in [0, 0.05) is 18.4 Å². The summed E-state index contributed by atoms with van der Waals surface area (Å²) >= 11 is 0. The standard InChI is InChI=1S/C21H20N4/c22-15-16-3-5-17(6-4-16)18-7-8-19-13-20(23-24-21(19)14-18)9-12-25-10-1-2-11-25/h3-8,13-14H,1-2,9-12H2. The fourth-order valence-electron chi connectivity index (χ4n) is 3.40. The zero-order valence-electron chi connectivity index (χ0n) is 14.2. The summed E-state index contributed by atoms with van der Waals surface area (Å²) in [5.41, 5.74) is 4.82. The number of aromatic nitrogens is 2. The Hall–Kier alpha value is -2.77. The van der Waals surface area contributed by atoms with Gasteiger partial charge in [0.25, 0.3) is 0 Å². The number of rotatable bonds is 4. The first-order valence-corrected chi connectivity index (χ1v) is 8.81. The van der Waals surface area contributed by atoms with Gasteiger partial charge >= 0.3 is 0 Å². The zero-order valence-corrected chi connectivity index (χ0v) is 14.2. The van der Waals surface area contributed by atoms with Crippen LogP contribution in [0, 0.1) is 11.3 Å². The maximum atomic E-state index is 8.91. The van der Waals surface area contributed by atoms with Gasteiger partial charge in [-0.15, -0.1) is 0 Å². The molecule has 2 aromatic carbocycles. The van der Waals surface area contributed by atoms with Crippen molar-refractivity contribution in [2.24, 2.45) is 0 Å². The Bertz CT molecular complexity index is 919. The molecule has 3 aromatic rings. The third kappa shape index (κ3) is 3.52. The first kappa shape index (κ1) is 15.7. The van der Waals surface area contributed by atoms with Gasteiger partial charge in [-0.1, -0.05) is 24.3 Å². The minimum atomic E-state index is 0.673. The molecule has 0 atom stereocenters. The molecule has 1 saturated heterocycles. The number of fused-ring (bicyclic) bond motifs is 1. The second-order valence-corrected chi connectivity index (χ2v) is 6.60. The van der Waals surface area contributed by atoms with E-state index in [2.05, 4.69) is 45.4 Å². The average molecular weight is 328 g/mol. The van der Waals surface area contributed by atoms with Gasteiger partial charge in [0.05, 0.1) is 22.8 Å². The minimum absolute atomic E-state index is 0.673. The first-order chi connectivity index (χ1) is 12.3. The average Bonchev–Trinajstić information content (AvgIpc) is 3.19. The van der Waals surface area contributed by atoms with Crippen molar-refractivity contribution in [1.29, 1.82) is 5.26 Å². The highest BCUT2D eigenvalue weighted by molar-refractivity contribution is 5.84. The molecule has 0 saturated carbocycles. The van der Waals surface area contributed by atoms with Crippen LogP contribution in [-0.2, 0) is 6.42 Å². The van der Waals surface area contributed by atoms with Crippen molar-refractivity contribution in [3.05, 3.63) is 59.8 Å². The lowest BCUT2D eigenvalue weighted by molar-refractivity contribution is 0.342. The Morgan fingerprint density at radius 3 is 2.44 bits per heavy atom. The molecule has 1 fully saturated rings. The molecular formula is C21H20N4. The van der Waals surface area contributed by atoms with Crippen molar-refractivity contribution in [1.82, 2.24) is 15.1 Å². The SMILES string of the molecule is N#Cc1ccc(-c2ccc3cc(CCN4CCCC4)nnc3c2)cc1. The fourth-order valence-corrected chi connectivity index (χ4v) is 3.40. The third-order valence-corrected chi connectivity index (χ3v) is 4.87. The molecule has 124 valence electrons. The second-order valence-electron chi connectivity index (χ2n) is 6.60. The monoisotopic (exact) mass is 328 g/mol. The molecule has 0 radical (unpaired) electrons. The van der Waals surface area contributed by atoms with Gasteiger partial charge in [0.1, 0.15) is 0 Å². The van der Waals surface area contributed by atoms with Crippen LogP contribution < -0.4 is 0 Å². The molecule has 4 rings (SSSR count). The van der Waals surface area contributed by atoms with Crippen molar-refractivity contribution in [2.75, 3.05) is 19.6 Å². The van der Waals surface area contributed by atoms with Crippen LogP contribution in [0.3, 0.4) is 0 Å². The van der Waals surface area contributed by atoms with Crippen LogP contribution >= 0.6 is 0 Å². The summed E-state index contributed by atoms with van der Waals surface area (Å²) in [5, 5.41) is 18.9. The molecule has 0 aliphatic carbocycles. The predicted octanol–water partition coefficient (Wildman–Crippen LogP) is 3.81. The smallest absolute Gasteiger partial charge is 0.0991 e. The van der Waals surface area contributed by atoms with Gasteiger partial charge in [-0.3, -0.25) is 0 Å². The predicted molar refractivity (Wildman–Crippen MR) is 99.1 cm³/mol. The maximum absolute atomic E-state index is 8.91. The van der Waals surface area contributed by atoms with Crippen molar-refractivity contribution < 1.29 is 0 Å². The van der Waals surface area contributed by atoms with Gasteiger partial charge in [-0.25, -0.2) is 0 Å². The Morgan fingerprint density at radius 1 is 0.920 bits per heavy atom. The summed E-state index contributed by atoms with van der Waals surface area (Å²) in [6.45, 7) is 3.51. The third-order valence-electron chi connectivity index (χ3n) is 4.87. The molecule has 25 heavy (non-hydrogen) atoms. The lowest BCUT2D eigenvalue weighted by Crippen LogP contribution is -2.22. The molecule has 4 heteroatoms. The molecule has 1 aromatic heterocycles. The molecule has 0 bridgehead atoms. The van der Waals surface area contributed by atoms with Gasteiger partial charge in [0.15, 0.2) is 0 Å². The quantitative estimate of drug-likeness (QED) is 0.731. The Kier molecular flexibility index (Phi) is 4.41. The Labute approximate surface area is 147 Å². The van der Waals surface area contributed by atoms with E-state index in [-0.39, 0.29) is 0 Å². The van der Waals surface area contributed by atoms with Crippen molar-refractivity contribution >= 4 is 10.9 Å². The second kappa shape index (κ2) is 7.00. The van der Waals surface area contributed by atoms with E-state index in [1.165, 1.54) is 25.9 Å². The van der Waals surface area contributed by atoms with Crippen LogP contribution in [-0.4, -0.2) is 34.7 Å². The zero-order chi connectivity index (χ0) is 17.1. The fraction of sp³-hybridized carbons (Fsp3) is 0.286. The largest absolute Gasteiger partial charge is 0.303 e. The molecule has 2 heterocycles. The van der Waals surface area contributed by atoms with Crippen molar-refractivity contribution in [2.45, 2.75) is 19.3 Å². The van der Waals surface area contributed by atoms with Crippen molar-refractivity contribution in [3.8, 4) is 17.2 Å². The summed E-state index contributed by atoms with van der Waals surface area (Å²) in [6, 6.07) is 18.2. The molecule has 0 unspecified atom stereocenters. The van der Waals surface area contributed by atoms with Gasteiger partial charge in [0.2, 0.25) is 0 Å². The van der Waals surface area contributed by atoms with Crippen LogP contribution in [0.2, 0.25) is 0 Å². The molecule has 1 aliphatic heterocycles. The van der Waals surface area contributed by atoms with Gasteiger partial charge in [-0.2, -0.15) is 15.5 Å². The number of benzene rings is 2.